The number of aliphatic hydroxyl groups is 5. The molecule has 7 atom stereocenters. The lowest BCUT2D eigenvalue weighted by molar-refractivity contribution is -0.188. The Hall–Kier alpha value is -1.78. The molecule has 0 radical (unpaired) electrons. The second-order valence-corrected chi connectivity index (χ2v) is 5.87. The molecule has 1 aromatic rings. The van der Waals surface area contributed by atoms with Gasteiger partial charge >= 0.3 is 6.03 Å². The molecule has 1 aliphatic carbocycles. The van der Waals surface area contributed by atoms with E-state index in [0.29, 0.717) is 5.56 Å². The highest BCUT2D eigenvalue weighted by molar-refractivity contribution is 5.75. The molecule has 1 saturated carbocycles. The Balaban J connectivity index is 1.99. The molecule has 3 unspecified atom stereocenters. The number of carbonyl (C=O) groups is 1. The maximum atomic E-state index is 12.9. The van der Waals surface area contributed by atoms with Crippen molar-refractivity contribution in [3.63, 3.8) is 0 Å². The Morgan fingerprint density at radius 3 is 1.92 bits per heavy atom. The van der Waals surface area contributed by atoms with E-state index in [1.54, 1.807) is 6.92 Å². The standard InChI is InChI=1S/C15H21FN2O6/c1-6(7-2-4-8(16)5-3-7)17-15(24)18-9-10(19)12(21)14(23)13(22)11(9)20/h2-6,9-14,19-23H,1H3,(H2,17,18,24)/t6?,9?,10-,11+,12+,13-,14?. The zero-order valence-electron chi connectivity index (χ0n) is 12.9. The maximum Gasteiger partial charge on any atom is 0.315 e. The third kappa shape index (κ3) is 3.82. The lowest BCUT2D eigenvalue weighted by atomic mass is 9.83. The van der Waals surface area contributed by atoms with Crippen molar-refractivity contribution < 1.29 is 34.7 Å². The van der Waals surface area contributed by atoms with E-state index in [-0.39, 0.29) is 0 Å². The first kappa shape index (κ1) is 18.6. The van der Waals surface area contributed by atoms with Crippen molar-refractivity contribution in [1.82, 2.24) is 10.6 Å². The highest BCUT2D eigenvalue weighted by Gasteiger charge is 2.48. The van der Waals surface area contributed by atoms with Gasteiger partial charge in [-0.05, 0) is 24.6 Å². The van der Waals surface area contributed by atoms with Gasteiger partial charge in [0, 0.05) is 0 Å². The van der Waals surface area contributed by atoms with Crippen molar-refractivity contribution in [1.29, 1.82) is 0 Å². The fourth-order valence-electron chi connectivity index (χ4n) is 2.63. The minimum absolute atomic E-state index is 0.412. The van der Waals surface area contributed by atoms with Crippen molar-refractivity contribution >= 4 is 6.03 Å². The first-order chi connectivity index (χ1) is 11.2. The summed E-state index contributed by atoms with van der Waals surface area (Å²) in [5.41, 5.74) is 0.631. The van der Waals surface area contributed by atoms with Crippen molar-refractivity contribution in [2.75, 3.05) is 0 Å². The zero-order chi connectivity index (χ0) is 18.0. The van der Waals surface area contributed by atoms with Gasteiger partial charge in [-0.15, -0.1) is 0 Å². The predicted molar refractivity (Wildman–Crippen MR) is 80.3 cm³/mol. The molecule has 2 rings (SSSR count). The van der Waals surface area contributed by atoms with Crippen LogP contribution in [0.3, 0.4) is 0 Å². The summed E-state index contributed by atoms with van der Waals surface area (Å²) in [6, 6.07) is 2.83. The third-order valence-electron chi connectivity index (χ3n) is 4.15. The van der Waals surface area contributed by atoms with E-state index in [4.69, 9.17) is 0 Å². The van der Waals surface area contributed by atoms with Crippen molar-refractivity contribution in [3.05, 3.63) is 35.6 Å². The van der Waals surface area contributed by atoms with Crippen LogP contribution in [0.1, 0.15) is 18.5 Å². The van der Waals surface area contributed by atoms with Gasteiger partial charge in [-0.3, -0.25) is 0 Å². The molecule has 1 aromatic carbocycles. The molecule has 0 aromatic heterocycles. The molecule has 0 spiro atoms. The Morgan fingerprint density at radius 1 is 0.958 bits per heavy atom. The number of carbonyl (C=O) groups excluding carboxylic acids is 1. The summed E-state index contributed by atoms with van der Waals surface area (Å²) in [5, 5.41) is 53.2. The Morgan fingerprint density at radius 2 is 1.42 bits per heavy atom. The number of aliphatic hydroxyl groups excluding tert-OH is 5. The zero-order valence-corrected chi connectivity index (χ0v) is 12.9. The summed E-state index contributed by atoms with van der Waals surface area (Å²) < 4.78 is 12.9. The molecule has 2 amide bonds. The molecular formula is C15H21FN2O6. The van der Waals surface area contributed by atoms with E-state index in [9.17, 15) is 34.7 Å². The van der Waals surface area contributed by atoms with Crippen molar-refractivity contribution in [3.8, 4) is 0 Å². The molecule has 0 bridgehead atoms. The van der Waals surface area contributed by atoms with Crippen LogP contribution in [0.5, 0.6) is 0 Å². The first-order valence-electron chi connectivity index (χ1n) is 7.45. The summed E-state index contributed by atoms with van der Waals surface area (Å²) in [6.07, 6.45) is -8.49. The second kappa shape index (κ2) is 7.41. The van der Waals surface area contributed by atoms with Gasteiger partial charge in [-0.1, -0.05) is 12.1 Å². The van der Waals surface area contributed by atoms with Crippen LogP contribution >= 0.6 is 0 Å². The molecule has 0 saturated heterocycles. The van der Waals surface area contributed by atoms with Gasteiger partial charge in [0.15, 0.2) is 0 Å². The van der Waals surface area contributed by atoms with Gasteiger partial charge < -0.3 is 36.2 Å². The fourth-order valence-corrected chi connectivity index (χ4v) is 2.63. The Labute approximate surface area is 137 Å². The molecular weight excluding hydrogens is 323 g/mol. The third-order valence-corrected chi connectivity index (χ3v) is 4.15. The molecule has 0 aliphatic heterocycles. The van der Waals surface area contributed by atoms with Crippen LogP contribution in [0, 0.1) is 5.82 Å². The van der Waals surface area contributed by atoms with E-state index in [1.165, 1.54) is 24.3 Å². The molecule has 8 nitrogen and oxygen atoms in total. The van der Waals surface area contributed by atoms with Crippen LogP contribution in [0.4, 0.5) is 9.18 Å². The van der Waals surface area contributed by atoms with E-state index in [0.717, 1.165) is 0 Å². The topological polar surface area (TPSA) is 142 Å². The summed E-state index contributed by atoms with van der Waals surface area (Å²) in [4.78, 5) is 12.0. The number of hydrogen-bond acceptors (Lipinski definition) is 6. The SMILES string of the molecule is CC(NC(=O)NC1[C@@H](O)[C@H](O)C(O)[C@H](O)[C@H]1O)c1ccc(F)cc1. The molecule has 134 valence electrons. The fraction of sp³-hybridized carbons (Fsp3) is 0.533. The molecule has 7 N–H and O–H groups in total. The lowest BCUT2D eigenvalue weighted by Crippen LogP contribution is -2.69. The number of halogens is 1. The highest BCUT2D eigenvalue weighted by atomic mass is 19.1. The smallest absolute Gasteiger partial charge is 0.315 e. The van der Waals surface area contributed by atoms with Gasteiger partial charge in [0.1, 0.15) is 36.3 Å². The minimum atomic E-state index is -1.73. The Kier molecular flexibility index (Phi) is 5.73. The molecule has 0 heterocycles. The molecule has 1 fully saturated rings. The normalized spacial score (nSPS) is 34.5. The van der Waals surface area contributed by atoms with E-state index >= 15 is 0 Å². The predicted octanol–water partition coefficient (Wildman–Crippen LogP) is -1.63. The maximum absolute atomic E-state index is 12.9. The van der Waals surface area contributed by atoms with Crippen LogP contribution < -0.4 is 10.6 Å². The number of hydrogen-bond donors (Lipinski definition) is 7. The highest BCUT2D eigenvalue weighted by Crippen LogP contribution is 2.21. The molecule has 9 heteroatoms. The molecule has 24 heavy (non-hydrogen) atoms. The summed E-state index contributed by atoms with van der Waals surface area (Å²) >= 11 is 0. The number of amides is 2. The van der Waals surface area contributed by atoms with Crippen molar-refractivity contribution in [2.24, 2.45) is 0 Å². The number of rotatable bonds is 3. The Bertz CT molecular complexity index is 556. The van der Waals surface area contributed by atoms with Crippen LogP contribution in [-0.4, -0.2) is 68.1 Å². The van der Waals surface area contributed by atoms with Crippen LogP contribution in [0.15, 0.2) is 24.3 Å². The number of benzene rings is 1. The van der Waals surface area contributed by atoms with Crippen LogP contribution in [0.2, 0.25) is 0 Å². The average Bonchev–Trinajstić information content (AvgIpc) is 2.55. The lowest BCUT2D eigenvalue weighted by Gasteiger charge is -2.42. The first-order valence-corrected chi connectivity index (χ1v) is 7.45. The second-order valence-electron chi connectivity index (χ2n) is 5.87. The van der Waals surface area contributed by atoms with Crippen molar-refractivity contribution in [2.45, 2.75) is 49.5 Å². The minimum Gasteiger partial charge on any atom is -0.388 e. The summed E-state index contributed by atoms with van der Waals surface area (Å²) in [5.74, 6) is -0.412. The van der Waals surface area contributed by atoms with Gasteiger partial charge in [-0.25, -0.2) is 9.18 Å². The monoisotopic (exact) mass is 344 g/mol. The van der Waals surface area contributed by atoms with E-state index < -0.39 is 54.5 Å². The summed E-state index contributed by atoms with van der Waals surface area (Å²) in [6.45, 7) is 1.65. The largest absolute Gasteiger partial charge is 0.388 e. The van der Waals surface area contributed by atoms with E-state index in [1.807, 2.05) is 0 Å². The molecule has 1 aliphatic rings. The van der Waals surface area contributed by atoms with Gasteiger partial charge in [0.05, 0.1) is 12.1 Å². The quantitative estimate of drug-likeness (QED) is 0.351. The average molecular weight is 344 g/mol. The summed E-state index contributed by atoms with van der Waals surface area (Å²) in [7, 11) is 0. The number of nitrogens with one attached hydrogen (secondary N) is 2. The number of urea groups is 1. The van der Waals surface area contributed by atoms with Crippen LogP contribution in [0.25, 0.3) is 0 Å². The van der Waals surface area contributed by atoms with Gasteiger partial charge in [-0.2, -0.15) is 0 Å². The van der Waals surface area contributed by atoms with Crippen LogP contribution in [-0.2, 0) is 0 Å². The van der Waals surface area contributed by atoms with Gasteiger partial charge in [0.2, 0.25) is 0 Å². The van der Waals surface area contributed by atoms with E-state index in [2.05, 4.69) is 10.6 Å². The van der Waals surface area contributed by atoms with Gasteiger partial charge in [0.25, 0.3) is 0 Å².